The first-order valence-corrected chi connectivity index (χ1v) is 5.60. The standard InChI is InChI=1S/C12H15ClFNO/c1-3-15-7-11(8(2)16)10-5-4-9(13)6-12(10)14/h4-6,11,15H,3,7H2,1-2H3/t11-/m0/s1. The topological polar surface area (TPSA) is 29.1 Å². The third-order valence-electron chi connectivity index (χ3n) is 2.43. The molecule has 4 heteroatoms. The van der Waals surface area contributed by atoms with Crippen molar-refractivity contribution in [2.45, 2.75) is 19.8 Å². The fraction of sp³-hybridized carbons (Fsp3) is 0.417. The Balaban J connectivity index is 2.96. The highest BCUT2D eigenvalue weighted by Crippen LogP contribution is 2.22. The van der Waals surface area contributed by atoms with Crippen LogP contribution in [0.4, 0.5) is 4.39 Å². The van der Waals surface area contributed by atoms with Gasteiger partial charge in [0, 0.05) is 11.6 Å². The largest absolute Gasteiger partial charge is 0.316 e. The number of rotatable bonds is 5. The lowest BCUT2D eigenvalue weighted by Gasteiger charge is -2.15. The van der Waals surface area contributed by atoms with Crippen LogP contribution in [-0.4, -0.2) is 18.9 Å². The lowest BCUT2D eigenvalue weighted by Crippen LogP contribution is -2.26. The molecule has 0 radical (unpaired) electrons. The number of Topliss-reactive ketones (excluding diaryl/α,β-unsaturated/α-hetero) is 1. The van der Waals surface area contributed by atoms with Gasteiger partial charge in [0.15, 0.2) is 0 Å². The molecular weight excluding hydrogens is 229 g/mol. The van der Waals surface area contributed by atoms with Crippen molar-refractivity contribution in [1.82, 2.24) is 5.32 Å². The van der Waals surface area contributed by atoms with Crippen LogP contribution in [-0.2, 0) is 4.79 Å². The molecule has 0 fully saturated rings. The molecule has 88 valence electrons. The van der Waals surface area contributed by atoms with Crippen molar-refractivity contribution in [1.29, 1.82) is 0 Å². The van der Waals surface area contributed by atoms with Crippen molar-refractivity contribution in [2.24, 2.45) is 0 Å². The maximum Gasteiger partial charge on any atom is 0.138 e. The number of benzene rings is 1. The normalized spacial score (nSPS) is 12.5. The zero-order chi connectivity index (χ0) is 12.1. The Hall–Kier alpha value is -0.930. The van der Waals surface area contributed by atoms with Crippen LogP contribution in [0, 0.1) is 5.82 Å². The summed E-state index contributed by atoms with van der Waals surface area (Å²) in [6.07, 6.45) is 0. The molecule has 1 atom stereocenters. The maximum absolute atomic E-state index is 13.6. The highest BCUT2D eigenvalue weighted by atomic mass is 35.5. The van der Waals surface area contributed by atoms with E-state index < -0.39 is 11.7 Å². The average molecular weight is 244 g/mol. The predicted octanol–water partition coefficient (Wildman–Crippen LogP) is 2.76. The zero-order valence-corrected chi connectivity index (χ0v) is 10.1. The smallest absolute Gasteiger partial charge is 0.138 e. The molecule has 0 bridgehead atoms. The fourth-order valence-electron chi connectivity index (χ4n) is 1.55. The summed E-state index contributed by atoms with van der Waals surface area (Å²) in [5, 5.41) is 3.39. The molecule has 1 rings (SSSR count). The van der Waals surface area contributed by atoms with Crippen molar-refractivity contribution in [3.8, 4) is 0 Å². The lowest BCUT2D eigenvalue weighted by atomic mass is 9.95. The monoisotopic (exact) mass is 243 g/mol. The van der Waals surface area contributed by atoms with Gasteiger partial charge in [-0.25, -0.2) is 4.39 Å². The number of halogens is 2. The van der Waals surface area contributed by atoms with E-state index in [1.807, 2.05) is 6.92 Å². The van der Waals surface area contributed by atoms with Crippen molar-refractivity contribution in [2.75, 3.05) is 13.1 Å². The molecule has 0 aromatic heterocycles. The number of nitrogens with one attached hydrogen (secondary N) is 1. The molecule has 0 saturated heterocycles. The second-order valence-corrected chi connectivity index (χ2v) is 4.07. The Labute approximate surface area is 99.8 Å². The number of ketones is 1. The Morgan fingerprint density at radius 1 is 1.56 bits per heavy atom. The van der Waals surface area contributed by atoms with Crippen LogP contribution in [0.1, 0.15) is 25.3 Å². The highest BCUT2D eigenvalue weighted by Gasteiger charge is 2.19. The Kier molecular flexibility index (Phi) is 4.90. The molecule has 16 heavy (non-hydrogen) atoms. The van der Waals surface area contributed by atoms with Gasteiger partial charge in [-0.2, -0.15) is 0 Å². The highest BCUT2D eigenvalue weighted by molar-refractivity contribution is 6.30. The molecule has 0 unspecified atom stereocenters. The molecule has 0 aliphatic carbocycles. The summed E-state index contributed by atoms with van der Waals surface area (Å²) in [7, 11) is 0. The summed E-state index contributed by atoms with van der Waals surface area (Å²) in [4.78, 5) is 11.4. The summed E-state index contributed by atoms with van der Waals surface area (Å²) >= 11 is 5.67. The minimum absolute atomic E-state index is 0.0535. The first-order valence-electron chi connectivity index (χ1n) is 5.22. The molecule has 0 saturated carbocycles. The quantitative estimate of drug-likeness (QED) is 0.862. The van der Waals surface area contributed by atoms with Crippen LogP contribution in [0.2, 0.25) is 5.02 Å². The van der Waals surface area contributed by atoms with Crippen molar-refractivity contribution in [3.05, 3.63) is 34.6 Å². The van der Waals surface area contributed by atoms with Crippen LogP contribution in [0.3, 0.4) is 0 Å². The number of hydrogen-bond acceptors (Lipinski definition) is 2. The van der Waals surface area contributed by atoms with Gasteiger partial charge in [0.1, 0.15) is 11.6 Å². The molecule has 0 amide bonds. The molecule has 1 aromatic carbocycles. The first-order chi connectivity index (χ1) is 7.56. The molecule has 0 aliphatic heterocycles. The first kappa shape index (κ1) is 13.1. The molecule has 0 spiro atoms. The number of likely N-dealkylation sites (N-methyl/N-ethyl adjacent to an activating group) is 1. The van der Waals surface area contributed by atoms with Gasteiger partial charge >= 0.3 is 0 Å². The Morgan fingerprint density at radius 2 is 2.25 bits per heavy atom. The van der Waals surface area contributed by atoms with Crippen molar-refractivity contribution < 1.29 is 9.18 Å². The number of carbonyl (C=O) groups excluding carboxylic acids is 1. The second kappa shape index (κ2) is 5.97. The second-order valence-electron chi connectivity index (χ2n) is 3.64. The van der Waals surface area contributed by atoms with E-state index in [4.69, 9.17) is 11.6 Å². The minimum Gasteiger partial charge on any atom is -0.316 e. The third kappa shape index (κ3) is 3.29. The van der Waals surface area contributed by atoms with Crippen LogP contribution >= 0.6 is 11.6 Å². The summed E-state index contributed by atoms with van der Waals surface area (Å²) in [6.45, 7) is 4.61. The predicted molar refractivity (Wildman–Crippen MR) is 63.4 cm³/mol. The Morgan fingerprint density at radius 3 is 2.75 bits per heavy atom. The molecule has 0 aliphatic rings. The maximum atomic E-state index is 13.6. The Bertz CT molecular complexity index is 381. The third-order valence-corrected chi connectivity index (χ3v) is 2.66. The van der Waals surface area contributed by atoms with Crippen LogP contribution < -0.4 is 5.32 Å². The SMILES string of the molecule is CCNC[C@@H](C(C)=O)c1ccc(Cl)cc1F. The van der Waals surface area contributed by atoms with E-state index in [0.29, 0.717) is 17.1 Å². The van der Waals surface area contributed by atoms with Crippen molar-refractivity contribution in [3.63, 3.8) is 0 Å². The van der Waals surface area contributed by atoms with Gasteiger partial charge in [0.2, 0.25) is 0 Å². The summed E-state index contributed by atoms with van der Waals surface area (Å²) < 4.78 is 13.6. The average Bonchev–Trinajstić information content (AvgIpc) is 2.20. The van der Waals surface area contributed by atoms with E-state index in [9.17, 15) is 9.18 Å². The fourth-order valence-corrected chi connectivity index (χ4v) is 1.70. The van der Waals surface area contributed by atoms with Gasteiger partial charge in [-0.15, -0.1) is 0 Å². The van der Waals surface area contributed by atoms with E-state index in [0.717, 1.165) is 6.54 Å². The van der Waals surface area contributed by atoms with Gasteiger partial charge in [0.25, 0.3) is 0 Å². The lowest BCUT2D eigenvalue weighted by molar-refractivity contribution is -0.118. The minimum atomic E-state index is -0.447. The van der Waals surface area contributed by atoms with Crippen molar-refractivity contribution >= 4 is 17.4 Å². The number of carbonyl (C=O) groups is 1. The van der Waals surface area contributed by atoms with Gasteiger partial charge in [-0.3, -0.25) is 4.79 Å². The number of hydrogen-bond donors (Lipinski definition) is 1. The summed E-state index contributed by atoms with van der Waals surface area (Å²) in [6, 6.07) is 4.40. The van der Waals surface area contributed by atoms with E-state index in [1.54, 1.807) is 12.1 Å². The molecule has 2 nitrogen and oxygen atoms in total. The van der Waals surface area contributed by atoms with Gasteiger partial charge < -0.3 is 5.32 Å². The van der Waals surface area contributed by atoms with E-state index in [1.165, 1.54) is 13.0 Å². The summed E-state index contributed by atoms with van der Waals surface area (Å²) in [5.74, 6) is -0.926. The van der Waals surface area contributed by atoms with Gasteiger partial charge in [0.05, 0.1) is 5.92 Å². The van der Waals surface area contributed by atoms with Crippen LogP contribution in [0.15, 0.2) is 18.2 Å². The molecule has 0 heterocycles. The molecule has 1 aromatic rings. The van der Waals surface area contributed by atoms with Gasteiger partial charge in [-0.05, 0) is 31.2 Å². The summed E-state index contributed by atoms with van der Waals surface area (Å²) in [5.41, 5.74) is 0.401. The molecule has 1 N–H and O–H groups in total. The zero-order valence-electron chi connectivity index (χ0n) is 9.39. The van der Waals surface area contributed by atoms with Crippen LogP contribution in [0.25, 0.3) is 0 Å². The van der Waals surface area contributed by atoms with E-state index in [2.05, 4.69) is 5.32 Å². The van der Waals surface area contributed by atoms with Crippen LogP contribution in [0.5, 0.6) is 0 Å². The molecular formula is C12H15ClFNO. The van der Waals surface area contributed by atoms with Gasteiger partial charge in [-0.1, -0.05) is 24.6 Å². The van der Waals surface area contributed by atoms with E-state index in [-0.39, 0.29) is 5.78 Å². The van der Waals surface area contributed by atoms with E-state index >= 15 is 0 Å².